The lowest BCUT2D eigenvalue weighted by atomic mass is 9.92. The van der Waals surface area contributed by atoms with Crippen LogP contribution in [0.25, 0.3) is 16.7 Å². The highest BCUT2D eigenvalue weighted by Crippen LogP contribution is 2.34. The number of benzene rings is 1. The number of rotatable bonds is 6. The molecule has 0 radical (unpaired) electrons. The van der Waals surface area contributed by atoms with Crippen LogP contribution in [0.3, 0.4) is 0 Å². The number of aromatic nitrogens is 4. The Labute approximate surface area is 217 Å². The Bertz CT molecular complexity index is 1240. The summed E-state index contributed by atoms with van der Waals surface area (Å²) in [7, 11) is 3.53. The average Bonchev–Trinajstić information content (AvgIpc) is 3.42. The Balaban J connectivity index is 0.00000280. The standard InChI is InChI=1S/C26H33FN6O3.CH4/c1-16-8-17-11-28-33(22(17)9-19(16)20-14-31(2)15-21(20)27)24-10-23(29-26(30-24)34-3)32-12-18(13-32)36-25-6-4-5-7-35-25;/h8-11,18,20-21,25H,4-7,12-15H2,1-3H3;1H4. The molecule has 2 aromatic heterocycles. The number of hydrogen-bond acceptors (Lipinski definition) is 8. The van der Waals surface area contributed by atoms with E-state index in [0.29, 0.717) is 18.9 Å². The molecule has 9 nitrogen and oxygen atoms in total. The van der Waals surface area contributed by atoms with E-state index < -0.39 is 6.17 Å². The molecule has 1 aromatic carbocycles. The van der Waals surface area contributed by atoms with Crippen LogP contribution in [-0.4, -0.2) is 90.2 Å². The van der Waals surface area contributed by atoms with Crippen LogP contribution in [0.2, 0.25) is 0 Å². The number of likely N-dealkylation sites (tertiary alicyclic amines) is 1. The smallest absolute Gasteiger partial charge is 0.320 e. The number of hydrogen-bond donors (Lipinski definition) is 0. The van der Waals surface area contributed by atoms with Crippen LogP contribution in [0, 0.1) is 6.92 Å². The van der Waals surface area contributed by atoms with Crippen molar-refractivity contribution in [1.29, 1.82) is 0 Å². The number of halogens is 1. The van der Waals surface area contributed by atoms with Gasteiger partial charge in [0.25, 0.3) is 0 Å². The zero-order valence-corrected chi connectivity index (χ0v) is 21.1. The van der Waals surface area contributed by atoms with Crippen molar-refractivity contribution in [2.24, 2.45) is 0 Å². The topological polar surface area (TPSA) is 77.8 Å². The first-order valence-electron chi connectivity index (χ1n) is 12.7. The summed E-state index contributed by atoms with van der Waals surface area (Å²) in [4.78, 5) is 13.3. The zero-order valence-electron chi connectivity index (χ0n) is 21.1. The Kier molecular flexibility index (Phi) is 7.33. The summed E-state index contributed by atoms with van der Waals surface area (Å²) in [5.74, 6) is 1.23. The summed E-state index contributed by atoms with van der Waals surface area (Å²) in [6.07, 6.45) is 4.17. The van der Waals surface area contributed by atoms with Crippen LogP contribution >= 0.6 is 0 Å². The van der Waals surface area contributed by atoms with Gasteiger partial charge in [0, 0.05) is 50.2 Å². The predicted octanol–water partition coefficient (Wildman–Crippen LogP) is 3.87. The minimum atomic E-state index is -0.881. The van der Waals surface area contributed by atoms with E-state index >= 15 is 0 Å². The normalized spacial score (nSPS) is 24.8. The Morgan fingerprint density at radius 1 is 1.05 bits per heavy atom. The quantitative estimate of drug-likeness (QED) is 0.493. The molecule has 37 heavy (non-hydrogen) atoms. The summed E-state index contributed by atoms with van der Waals surface area (Å²) < 4.78 is 33.8. The molecule has 3 atom stereocenters. The minimum Gasteiger partial charge on any atom is -0.467 e. The molecule has 3 aliphatic heterocycles. The van der Waals surface area contributed by atoms with Crippen molar-refractivity contribution in [2.75, 3.05) is 51.8 Å². The lowest BCUT2D eigenvalue weighted by Gasteiger charge is -2.41. The Morgan fingerprint density at radius 3 is 2.57 bits per heavy atom. The molecule has 5 heterocycles. The van der Waals surface area contributed by atoms with Gasteiger partial charge < -0.3 is 24.0 Å². The predicted molar refractivity (Wildman–Crippen MR) is 140 cm³/mol. The number of fused-ring (bicyclic) bond motifs is 1. The molecule has 0 amide bonds. The zero-order chi connectivity index (χ0) is 24.8. The molecule has 3 aromatic rings. The monoisotopic (exact) mass is 512 g/mol. The molecule has 3 saturated heterocycles. The van der Waals surface area contributed by atoms with Gasteiger partial charge in [-0.1, -0.05) is 7.43 Å². The van der Waals surface area contributed by atoms with Crippen molar-refractivity contribution in [1.82, 2.24) is 24.6 Å². The van der Waals surface area contributed by atoms with Crippen molar-refractivity contribution < 1.29 is 18.6 Å². The van der Waals surface area contributed by atoms with E-state index in [4.69, 9.17) is 14.2 Å². The molecule has 10 heteroatoms. The highest BCUT2D eigenvalue weighted by molar-refractivity contribution is 5.82. The maximum absolute atomic E-state index is 14.8. The third kappa shape index (κ3) is 5.02. The van der Waals surface area contributed by atoms with Gasteiger partial charge in [0.1, 0.15) is 12.0 Å². The Morgan fingerprint density at radius 2 is 1.86 bits per heavy atom. The largest absolute Gasteiger partial charge is 0.467 e. The number of aryl methyl sites for hydroxylation is 1. The molecule has 0 saturated carbocycles. The fourth-order valence-electron chi connectivity index (χ4n) is 5.54. The summed E-state index contributed by atoms with van der Waals surface area (Å²) in [5.41, 5.74) is 3.00. The number of anilines is 1. The second kappa shape index (κ2) is 10.5. The van der Waals surface area contributed by atoms with Crippen molar-refractivity contribution in [2.45, 2.75) is 58.1 Å². The van der Waals surface area contributed by atoms with Gasteiger partial charge in [0.15, 0.2) is 12.1 Å². The van der Waals surface area contributed by atoms with Crippen LogP contribution < -0.4 is 9.64 Å². The lowest BCUT2D eigenvalue weighted by molar-refractivity contribution is -0.191. The van der Waals surface area contributed by atoms with Crippen LogP contribution in [0.5, 0.6) is 6.01 Å². The van der Waals surface area contributed by atoms with Gasteiger partial charge in [-0.25, -0.2) is 9.07 Å². The Hall–Kier alpha value is -2.82. The maximum Gasteiger partial charge on any atom is 0.320 e. The lowest BCUT2D eigenvalue weighted by Crippen LogP contribution is -2.54. The second-order valence-electron chi connectivity index (χ2n) is 10.2. The van der Waals surface area contributed by atoms with E-state index in [9.17, 15) is 4.39 Å². The molecule has 0 aliphatic carbocycles. The molecule has 3 fully saturated rings. The van der Waals surface area contributed by atoms with Crippen molar-refractivity contribution in [3.8, 4) is 11.8 Å². The molecule has 3 unspecified atom stereocenters. The van der Waals surface area contributed by atoms with Gasteiger partial charge in [-0.05, 0) is 56.5 Å². The molecule has 0 bridgehead atoms. The summed E-state index contributed by atoms with van der Waals surface area (Å²) in [6, 6.07) is 6.35. The highest BCUT2D eigenvalue weighted by Gasteiger charge is 2.34. The van der Waals surface area contributed by atoms with E-state index in [1.54, 1.807) is 11.8 Å². The maximum atomic E-state index is 14.8. The van der Waals surface area contributed by atoms with E-state index in [1.807, 2.05) is 31.1 Å². The number of methoxy groups -OCH3 is 1. The first kappa shape index (κ1) is 25.8. The van der Waals surface area contributed by atoms with E-state index in [-0.39, 0.29) is 31.7 Å². The van der Waals surface area contributed by atoms with Crippen molar-refractivity contribution in [3.05, 3.63) is 35.5 Å². The van der Waals surface area contributed by atoms with Crippen molar-refractivity contribution >= 4 is 16.7 Å². The summed E-state index contributed by atoms with van der Waals surface area (Å²) in [6.45, 7) is 5.45. The molecule has 6 rings (SSSR count). The van der Waals surface area contributed by atoms with Gasteiger partial charge in [-0.15, -0.1) is 0 Å². The van der Waals surface area contributed by atoms with E-state index in [1.165, 1.54) is 0 Å². The average molecular weight is 513 g/mol. The number of ether oxygens (including phenoxy) is 3. The minimum absolute atomic E-state index is 0. The number of alkyl halides is 1. The second-order valence-corrected chi connectivity index (χ2v) is 10.2. The van der Waals surface area contributed by atoms with Crippen LogP contribution in [0.4, 0.5) is 10.2 Å². The first-order chi connectivity index (χ1) is 17.5. The van der Waals surface area contributed by atoms with Crippen LogP contribution in [-0.2, 0) is 9.47 Å². The molecular weight excluding hydrogens is 475 g/mol. The molecular formula is C27H37FN6O3. The summed E-state index contributed by atoms with van der Waals surface area (Å²) in [5, 5.41) is 5.62. The molecule has 200 valence electrons. The van der Waals surface area contributed by atoms with Gasteiger partial charge >= 0.3 is 6.01 Å². The molecule has 3 aliphatic rings. The van der Waals surface area contributed by atoms with Gasteiger partial charge in [-0.2, -0.15) is 15.1 Å². The number of likely N-dealkylation sites (N-methyl/N-ethyl adjacent to an activating group) is 1. The molecule has 0 N–H and O–H groups in total. The fraction of sp³-hybridized carbons (Fsp3) is 0.593. The van der Waals surface area contributed by atoms with Gasteiger partial charge in [0.2, 0.25) is 0 Å². The first-order valence-corrected chi connectivity index (χ1v) is 12.7. The van der Waals surface area contributed by atoms with E-state index in [0.717, 1.165) is 66.8 Å². The van der Waals surface area contributed by atoms with Crippen LogP contribution in [0.15, 0.2) is 24.4 Å². The van der Waals surface area contributed by atoms with Gasteiger partial charge in [-0.3, -0.25) is 0 Å². The third-order valence-corrected chi connectivity index (χ3v) is 7.52. The van der Waals surface area contributed by atoms with Crippen molar-refractivity contribution in [3.63, 3.8) is 0 Å². The van der Waals surface area contributed by atoms with Crippen LogP contribution in [0.1, 0.15) is 43.7 Å². The summed E-state index contributed by atoms with van der Waals surface area (Å²) >= 11 is 0. The molecule has 0 spiro atoms. The third-order valence-electron chi connectivity index (χ3n) is 7.52. The SMILES string of the molecule is C.COc1nc(N2CC(OC3CCCCO3)C2)cc(-n2ncc3cc(C)c(C4CN(C)CC4F)cc32)n1. The van der Waals surface area contributed by atoms with E-state index in [2.05, 4.69) is 32.1 Å². The van der Waals surface area contributed by atoms with Gasteiger partial charge in [0.05, 0.1) is 24.9 Å². The fourth-order valence-corrected chi connectivity index (χ4v) is 5.54. The number of nitrogens with zero attached hydrogens (tertiary/aromatic N) is 6. The highest BCUT2D eigenvalue weighted by atomic mass is 19.1.